The first-order valence-electron chi connectivity index (χ1n) is 11.3. The number of pyridine rings is 2. The minimum absolute atomic E-state index is 0.0230. The number of amides is 4. The fourth-order valence-electron chi connectivity index (χ4n) is 4.24. The third kappa shape index (κ3) is 4.33. The number of aromatic nitrogens is 2. The van der Waals surface area contributed by atoms with Crippen LogP contribution < -0.4 is 25.8 Å². The third-order valence-electron chi connectivity index (χ3n) is 5.99. The maximum atomic E-state index is 13.4. The lowest BCUT2D eigenvalue weighted by Gasteiger charge is -2.35. The van der Waals surface area contributed by atoms with Gasteiger partial charge in [0.25, 0.3) is 11.8 Å². The molecule has 10 nitrogen and oxygen atoms in total. The first kappa shape index (κ1) is 21.2. The molecule has 1 saturated heterocycles. The second-order valence-electron chi connectivity index (χ2n) is 9.03. The molecule has 3 N–H and O–H groups in total. The number of fused-ring (bicyclic) bond motifs is 4. The largest absolute Gasteiger partial charge is 0.366 e. The minimum Gasteiger partial charge on any atom is -0.366 e. The van der Waals surface area contributed by atoms with E-state index >= 15 is 0 Å². The zero-order valence-corrected chi connectivity index (χ0v) is 18.7. The van der Waals surface area contributed by atoms with E-state index in [1.807, 2.05) is 19.9 Å². The summed E-state index contributed by atoms with van der Waals surface area (Å²) in [5, 5.41) is 8.59. The number of urea groups is 1. The predicted molar refractivity (Wildman–Crippen MR) is 124 cm³/mol. The van der Waals surface area contributed by atoms with Crippen molar-refractivity contribution >= 4 is 35.2 Å². The summed E-state index contributed by atoms with van der Waals surface area (Å²) < 4.78 is 0. The van der Waals surface area contributed by atoms with Gasteiger partial charge in [0.05, 0.1) is 11.7 Å². The van der Waals surface area contributed by atoms with Crippen molar-refractivity contribution in [1.82, 2.24) is 20.6 Å². The quantitative estimate of drug-likeness (QED) is 0.643. The summed E-state index contributed by atoms with van der Waals surface area (Å²) in [7, 11) is 0. The van der Waals surface area contributed by atoms with Crippen molar-refractivity contribution in [2.24, 2.45) is 0 Å². The summed E-state index contributed by atoms with van der Waals surface area (Å²) in [6.45, 7) is 5.29. The summed E-state index contributed by atoms with van der Waals surface area (Å²) in [6.07, 6.45) is 4.30. The van der Waals surface area contributed by atoms with Crippen molar-refractivity contribution in [3.8, 4) is 0 Å². The molecule has 4 heterocycles. The van der Waals surface area contributed by atoms with Gasteiger partial charge in [-0.3, -0.25) is 19.8 Å². The number of nitrogens with one attached hydrogen (secondary N) is 3. The molecule has 1 aliphatic carbocycles. The highest BCUT2D eigenvalue weighted by molar-refractivity contribution is 6.05. The van der Waals surface area contributed by atoms with Crippen LogP contribution in [0.5, 0.6) is 0 Å². The van der Waals surface area contributed by atoms with Gasteiger partial charge in [-0.2, -0.15) is 0 Å². The van der Waals surface area contributed by atoms with Crippen LogP contribution >= 0.6 is 0 Å². The third-order valence-corrected chi connectivity index (χ3v) is 5.99. The maximum Gasteiger partial charge on any atom is 0.329 e. The van der Waals surface area contributed by atoms with Crippen LogP contribution in [0.2, 0.25) is 0 Å². The fourth-order valence-corrected chi connectivity index (χ4v) is 4.24. The minimum atomic E-state index is -0.385. The first-order chi connectivity index (χ1) is 15.9. The molecule has 0 aromatic carbocycles. The smallest absolute Gasteiger partial charge is 0.329 e. The van der Waals surface area contributed by atoms with Gasteiger partial charge in [0, 0.05) is 36.9 Å². The molecule has 0 unspecified atom stereocenters. The van der Waals surface area contributed by atoms with Gasteiger partial charge >= 0.3 is 6.03 Å². The molecule has 2 fully saturated rings. The highest BCUT2D eigenvalue weighted by Crippen LogP contribution is 2.39. The van der Waals surface area contributed by atoms with E-state index in [0.717, 1.165) is 31.5 Å². The average molecular weight is 450 g/mol. The van der Waals surface area contributed by atoms with Crippen molar-refractivity contribution < 1.29 is 14.4 Å². The molecule has 3 aliphatic rings. The molecule has 2 aromatic heterocycles. The van der Waals surface area contributed by atoms with Crippen LogP contribution in [0.3, 0.4) is 0 Å². The van der Waals surface area contributed by atoms with E-state index in [1.165, 1.54) is 6.20 Å². The van der Waals surface area contributed by atoms with Crippen LogP contribution in [0.4, 0.5) is 22.1 Å². The van der Waals surface area contributed by atoms with Gasteiger partial charge in [-0.1, -0.05) is 0 Å². The van der Waals surface area contributed by atoms with Gasteiger partial charge in [0.1, 0.15) is 11.5 Å². The normalized spacial score (nSPS) is 18.7. The molecule has 33 heavy (non-hydrogen) atoms. The Bertz CT molecular complexity index is 1110. The monoisotopic (exact) mass is 449 g/mol. The molecule has 1 atom stereocenters. The second-order valence-corrected chi connectivity index (χ2v) is 9.03. The molecule has 2 aliphatic heterocycles. The Morgan fingerprint density at radius 3 is 2.67 bits per heavy atom. The van der Waals surface area contributed by atoms with Crippen molar-refractivity contribution in [2.45, 2.75) is 51.2 Å². The number of hydrogen-bond acceptors (Lipinski definition) is 6. The summed E-state index contributed by atoms with van der Waals surface area (Å²) >= 11 is 0. The molecule has 1 saturated carbocycles. The molecule has 2 bridgehead atoms. The highest BCUT2D eigenvalue weighted by Gasteiger charge is 2.40. The van der Waals surface area contributed by atoms with E-state index < -0.39 is 0 Å². The lowest BCUT2D eigenvalue weighted by Crippen LogP contribution is -2.48. The second kappa shape index (κ2) is 8.34. The van der Waals surface area contributed by atoms with Crippen LogP contribution in [0.15, 0.2) is 30.5 Å². The van der Waals surface area contributed by atoms with Crippen molar-refractivity contribution in [3.05, 3.63) is 41.7 Å². The van der Waals surface area contributed by atoms with Gasteiger partial charge in [-0.05, 0) is 57.4 Å². The van der Waals surface area contributed by atoms with Gasteiger partial charge < -0.3 is 15.5 Å². The van der Waals surface area contributed by atoms with E-state index in [9.17, 15) is 14.4 Å². The Balaban J connectivity index is 1.39. The van der Waals surface area contributed by atoms with E-state index in [1.54, 1.807) is 23.1 Å². The number of rotatable bonds is 5. The molecular weight excluding hydrogens is 422 g/mol. The zero-order valence-electron chi connectivity index (χ0n) is 18.7. The fraction of sp³-hybridized carbons (Fsp3) is 0.435. The predicted octanol–water partition coefficient (Wildman–Crippen LogP) is 2.14. The van der Waals surface area contributed by atoms with Crippen molar-refractivity contribution in [1.29, 1.82) is 0 Å². The maximum absolute atomic E-state index is 13.4. The number of hydrogen-bond donors (Lipinski definition) is 3. The van der Waals surface area contributed by atoms with E-state index in [2.05, 4.69) is 30.8 Å². The molecule has 4 amide bonds. The lowest BCUT2D eigenvalue weighted by atomic mass is 10.1. The zero-order chi connectivity index (χ0) is 23.1. The molecule has 10 heteroatoms. The van der Waals surface area contributed by atoms with Crippen LogP contribution in [0, 0.1) is 0 Å². The van der Waals surface area contributed by atoms with Crippen LogP contribution in [0.25, 0.3) is 0 Å². The van der Waals surface area contributed by atoms with Crippen molar-refractivity contribution in [2.75, 3.05) is 28.2 Å². The Kier molecular flexibility index (Phi) is 5.35. The Hall–Kier alpha value is -3.69. The molecule has 5 rings (SSSR count). The standard InChI is InChI=1S/C23H27N7O3/c1-13(2)25-22(32)17-5-6-18-20(27-17)30(16-8-10-29(18)12-16)23(33)28-19-11-14(7-9-24-19)21(31)26-15-3-4-15/h5-7,9,11,13,15-16H,3-4,8,10,12H2,1-2H3,(H,25,32)(H,26,31)(H,24,28,33)/t16-/m0/s1. The van der Waals surface area contributed by atoms with Gasteiger partial charge in [0.2, 0.25) is 0 Å². The van der Waals surface area contributed by atoms with E-state index in [-0.39, 0.29) is 41.7 Å². The van der Waals surface area contributed by atoms with Gasteiger partial charge in [-0.15, -0.1) is 0 Å². The Morgan fingerprint density at radius 1 is 1.09 bits per heavy atom. The van der Waals surface area contributed by atoms with E-state index in [0.29, 0.717) is 23.7 Å². The highest BCUT2D eigenvalue weighted by atomic mass is 16.2. The summed E-state index contributed by atoms with van der Waals surface area (Å²) in [4.78, 5) is 50.8. The number of carbonyl (C=O) groups excluding carboxylic acids is 3. The van der Waals surface area contributed by atoms with Gasteiger partial charge in [-0.25, -0.2) is 14.8 Å². The summed E-state index contributed by atoms with van der Waals surface area (Å²) in [5.41, 5.74) is 1.54. The topological polar surface area (TPSA) is 120 Å². The molecule has 172 valence electrons. The SMILES string of the molecule is CC(C)NC(=O)c1ccc2c(n1)N(C(=O)Nc1cc(C(=O)NC3CC3)ccn1)[C@H]1CCN2C1. The van der Waals surface area contributed by atoms with Crippen LogP contribution in [-0.4, -0.2) is 59.0 Å². The average Bonchev–Trinajstić information content (AvgIpc) is 3.51. The molecule has 0 radical (unpaired) electrons. The number of nitrogens with zero attached hydrogens (tertiary/aromatic N) is 4. The molecule has 2 aromatic rings. The van der Waals surface area contributed by atoms with Crippen LogP contribution in [-0.2, 0) is 0 Å². The number of carbonyl (C=O) groups is 3. The first-order valence-corrected chi connectivity index (χ1v) is 11.3. The van der Waals surface area contributed by atoms with Gasteiger partial charge in [0.15, 0.2) is 5.82 Å². The van der Waals surface area contributed by atoms with E-state index in [4.69, 9.17) is 0 Å². The number of anilines is 3. The molecule has 0 spiro atoms. The Labute approximate surface area is 191 Å². The summed E-state index contributed by atoms with van der Waals surface area (Å²) in [6, 6.07) is 6.51. The lowest BCUT2D eigenvalue weighted by molar-refractivity contribution is 0.0934. The van der Waals surface area contributed by atoms with Crippen molar-refractivity contribution in [3.63, 3.8) is 0 Å². The summed E-state index contributed by atoms with van der Waals surface area (Å²) in [5.74, 6) is 0.296. The Morgan fingerprint density at radius 2 is 1.91 bits per heavy atom. The molecular formula is C23H27N7O3. The van der Waals surface area contributed by atoms with Crippen LogP contribution in [0.1, 0.15) is 54.0 Å².